The van der Waals surface area contributed by atoms with E-state index in [-0.39, 0.29) is 0 Å². The lowest BCUT2D eigenvalue weighted by molar-refractivity contribution is 0.821. The Morgan fingerprint density at radius 1 is 0.567 bits per heavy atom. The molecule has 0 aliphatic heterocycles. The molecule has 2 aromatic carbocycles. The lowest BCUT2D eigenvalue weighted by Crippen LogP contribution is -2.41. The maximum atomic E-state index is 9.18. The molecule has 2 aromatic rings. The summed E-state index contributed by atoms with van der Waals surface area (Å²) in [6.45, 7) is 17.8. The van der Waals surface area contributed by atoms with Gasteiger partial charge in [-0.15, -0.1) is 0 Å². The molecule has 0 amide bonds. The van der Waals surface area contributed by atoms with Gasteiger partial charge in [-0.1, -0.05) is 91.8 Å². The molecule has 0 radical (unpaired) electrons. The van der Waals surface area contributed by atoms with Gasteiger partial charge in [-0.05, 0) is 45.9 Å². The molecule has 3 heteroatoms. The molecular formula is C27H41N3. The zero-order valence-corrected chi connectivity index (χ0v) is 20.7. The quantitative estimate of drug-likeness (QED) is 0.393. The Balaban J connectivity index is 2.61. The van der Waals surface area contributed by atoms with Gasteiger partial charge in [0.25, 0.3) is 0 Å². The highest BCUT2D eigenvalue weighted by Crippen LogP contribution is 2.38. The van der Waals surface area contributed by atoms with E-state index in [9.17, 15) is 5.41 Å². The van der Waals surface area contributed by atoms with E-state index < -0.39 is 0 Å². The molecule has 2 rings (SSSR count). The van der Waals surface area contributed by atoms with Crippen molar-refractivity contribution in [3.8, 4) is 0 Å². The molecular weight excluding hydrogens is 366 g/mol. The van der Waals surface area contributed by atoms with E-state index in [4.69, 9.17) is 0 Å². The topological polar surface area (TPSA) is 30.3 Å². The fraction of sp³-hybridized carbons (Fsp3) is 0.519. The van der Waals surface area contributed by atoms with Crippen molar-refractivity contribution in [2.24, 2.45) is 0 Å². The van der Waals surface area contributed by atoms with E-state index in [0.717, 1.165) is 0 Å². The van der Waals surface area contributed by atoms with Crippen LogP contribution in [-0.4, -0.2) is 20.1 Å². The smallest absolute Gasteiger partial charge is 0.202 e. The predicted octanol–water partition coefficient (Wildman–Crippen LogP) is 7.69. The summed E-state index contributed by atoms with van der Waals surface area (Å²) < 4.78 is 0. The number of benzene rings is 2. The van der Waals surface area contributed by atoms with Gasteiger partial charge in [-0.25, -0.2) is 0 Å². The Kier molecular flexibility index (Phi) is 7.74. The van der Waals surface area contributed by atoms with Crippen LogP contribution in [0.15, 0.2) is 36.4 Å². The van der Waals surface area contributed by atoms with Crippen molar-refractivity contribution >= 4 is 17.3 Å². The fourth-order valence-electron chi connectivity index (χ4n) is 4.23. The third-order valence-corrected chi connectivity index (χ3v) is 5.99. The Hall–Kier alpha value is -2.29. The lowest BCUT2D eigenvalue weighted by Gasteiger charge is -2.35. The van der Waals surface area contributed by atoms with Crippen molar-refractivity contribution in [2.75, 3.05) is 23.9 Å². The molecule has 0 saturated heterocycles. The minimum atomic E-state index is 0.397. The second-order valence-electron chi connectivity index (χ2n) is 9.63. The van der Waals surface area contributed by atoms with Crippen LogP contribution in [0.3, 0.4) is 0 Å². The minimum absolute atomic E-state index is 0.397. The van der Waals surface area contributed by atoms with Crippen molar-refractivity contribution in [2.45, 2.75) is 79.1 Å². The normalized spacial score (nSPS) is 11.7. The summed E-state index contributed by atoms with van der Waals surface area (Å²) in [5, 5.41) is 9.18. The minimum Gasteiger partial charge on any atom is -0.315 e. The first-order chi connectivity index (χ1) is 14.0. The zero-order valence-electron chi connectivity index (χ0n) is 20.7. The standard InChI is InChI=1S/C27H41N3/c1-17(2)21-13-11-14-22(18(3)4)25(21)29(9)27(28)30(10)26-23(19(5)6)15-12-16-24(26)20(7)8/h11-20,28H,1-10H3. The van der Waals surface area contributed by atoms with Gasteiger partial charge in [0.05, 0.1) is 11.4 Å². The number of hydrogen-bond donors (Lipinski definition) is 1. The van der Waals surface area contributed by atoms with Crippen LogP contribution in [0.2, 0.25) is 0 Å². The van der Waals surface area contributed by atoms with Gasteiger partial charge in [0.1, 0.15) is 0 Å². The van der Waals surface area contributed by atoms with Crippen LogP contribution in [0.5, 0.6) is 0 Å². The summed E-state index contributed by atoms with van der Waals surface area (Å²) in [4.78, 5) is 4.15. The molecule has 0 spiro atoms. The van der Waals surface area contributed by atoms with Crippen LogP contribution in [0.25, 0.3) is 0 Å². The average Bonchev–Trinajstić information content (AvgIpc) is 2.70. The van der Waals surface area contributed by atoms with Crippen LogP contribution in [0.1, 0.15) is 101 Å². The number of hydrogen-bond acceptors (Lipinski definition) is 1. The van der Waals surface area contributed by atoms with Crippen molar-refractivity contribution in [1.82, 2.24) is 0 Å². The zero-order chi connectivity index (χ0) is 22.7. The number of anilines is 2. The van der Waals surface area contributed by atoms with Crippen LogP contribution >= 0.6 is 0 Å². The van der Waals surface area contributed by atoms with Crippen molar-refractivity contribution in [1.29, 1.82) is 5.41 Å². The summed E-state index contributed by atoms with van der Waals surface area (Å²) >= 11 is 0. The Bertz CT molecular complexity index is 754. The predicted molar refractivity (Wildman–Crippen MR) is 134 cm³/mol. The summed E-state index contributed by atoms with van der Waals surface area (Å²) in [5.74, 6) is 2.09. The first-order valence-corrected chi connectivity index (χ1v) is 11.3. The van der Waals surface area contributed by atoms with Gasteiger partial charge >= 0.3 is 0 Å². The Labute approximate surface area is 184 Å². The van der Waals surface area contributed by atoms with Crippen molar-refractivity contribution in [3.63, 3.8) is 0 Å². The molecule has 30 heavy (non-hydrogen) atoms. The molecule has 3 nitrogen and oxygen atoms in total. The summed E-state index contributed by atoms with van der Waals surface area (Å²) in [7, 11) is 4.08. The van der Waals surface area contributed by atoms with E-state index in [2.05, 4.69) is 102 Å². The highest BCUT2D eigenvalue weighted by atomic mass is 15.3. The highest BCUT2D eigenvalue weighted by Gasteiger charge is 2.25. The van der Waals surface area contributed by atoms with Gasteiger partial charge in [0.15, 0.2) is 0 Å². The molecule has 0 aliphatic carbocycles. The van der Waals surface area contributed by atoms with Crippen molar-refractivity contribution < 1.29 is 0 Å². The molecule has 0 bridgehead atoms. The lowest BCUT2D eigenvalue weighted by atomic mass is 9.91. The van der Waals surface area contributed by atoms with Gasteiger partial charge in [0, 0.05) is 14.1 Å². The van der Waals surface area contributed by atoms with Crippen LogP contribution in [-0.2, 0) is 0 Å². The Morgan fingerprint density at radius 2 is 0.800 bits per heavy atom. The molecule has 0 saturated carbocycles. The largest absolute Gasteiger partial charge is 0.315 e. The molecule has 1 N–H and O–H groups in total. The number of nitrogens with one attached hydrogen (secondary N) is 1. The SMILES string of the molecule is CC(C)c1cccc(C(C)C)c1N(C)C(=N)N(C)c1c(C(C)C)cccc1C(C)C. The van der Waals surface area contributed by atoms with Gasteiger partial charge in [-0.3, -0.25) is 5.41 Å². The summed E-state index contributed by atoms with van der Waals surface area (Å²) in [6, 6.07) is 13.1. The second-order valence-corrected chi connectivity index (χ2v) is 9.63. The highest BCUT2D eigenvalue weighted by molar-refractivity contribution is 6.06. The molecule has 0 fully saturated rings. The maximum absolute atomic E-state index is 9.18. The van der Waals surface area contributed by atoms with Crippen LogP contribution < -0.4 is 9.80 Å². The maximum Gasteiger partial charge on any atom is 0.202 e. The van der Waals surface area contributed by atoms with Gasteiger partial charge < -0.3 is 9.80 Å². The average molecular weight is 408 g/mol. The second kappa shape index (κ2) is 9.68. The van der Waals surface area contributed by atoms with E-state index >= 15 is 0 Å². The van der Waals surface area contributed by atoms with E-state index in [1.807, 2.05) is 14.1 Å². The van der Waals surface area contributed by atoms with E-state index in [1.54, 1.807) is 0 Å². The Morgan fingerprint density at radius 3 is 1.00 bits per heavy atom. The van der Waals surface area contributed by atoms with Crippen LogP contribution in [0, 0.1) is 5.41 Å². The van der Waals surface area contributed by atoms with Crippen LogP contribution in [0.4, 0.5) is 11.4 Å². The summed E-state index contributed by atoms with van der Waals surface area (Å²) in [5.41, 5.74) is 7.53. The van der Waals surface area contributed by atoms with Gasteiger partial charge in [0.2, 0.25) is 5.96 Å². The first kappa shape index (κ1) is 24.0. The molecule has 0 unspecified atom stereocenters. The number of nitrogens with zero attached hydrogens (tertiary/aromatic N) is 2. The van der Waals surface area contributed by atoms with E-state index in [1.165, 1.54) is 33.6 Å². The monoisotopic (exact) mass is 407 g/mol. The number of guanidine groups is 1. The van der Waals surface area contributed by atoms with Gasteiger partial charge in [-0.2, -0.15) is 0 Å². The molecule has 0 aromatic heterocycles. The summed E-state index contributed by atoms with van der Waals surface area (Å²) in [6.07, 6.45) is 0. The first-order valence-electron chi connectivity index (χ1n) is 11.3. The third-order valence-electron chi connectivity index (χ3n) is 5.99. The number of para-hydroxylation sites is 2. The van der Waals surface area contributed by atoms with E-state index in [0.29, 0.717) is 29.6 Å². The molecule has 164 valence electrons. The molecule has 0 heterocycles. The van der Waals surface area contributed by atoms with Crippen molar-refractivity contribution in [3.05, 3.63) is 58.7 Å². The molecule has 0 aliphatic rings. The fourth-order valence-corrected chi connectivity index (χ4v) is 4.23. The molecule has 0 atom stereocenters. The number of rotatable bonds is 6. The third kappa shape index (κ3) is 4.71.